The van der Waals surface area contributed by atoms with E-state index in [1.54, 1.807) is 73.6 Å². The van der Waals surface area contributed by atoms with Crippen LogP contribution in [0.5, 0.6) is 23.0 Å². The lowest BCUT2D eigenvalue weighted by Gasteiger charge is -2.35. The third-order valence-corrected chi connectivity index (χ3v) is 10.7. The summed E-state index contributed by atoms with van der Waals surface area (Å²) < 4.78 is 21.9. The quantitative estimate of drug-likeness (QED) is 0.246. The molecule has 4 amide bonds. The monoisotopic (exact) mass is 742 g/mol. The maximum Gasteiger partial charge on any atom is 0.266 e. The Morgan fingerprint density at radius 1 is 0.673 bits per heavy atom. The Balaban J connectivity index is 1.10. The minimum atomic E-state index is -0.346. The second kappa shape index (κ2) is 16.1. The van der Waals surface area contributed by atoms with E-state index in [1.165, 1.54) is 28.7 Å². The number of methoxy groups -OCH3 is 4. The van der Waals surface area contributed by atoms with Crippen molar-refractivity contribution in [3.63, 3.8) is 0 Å². The molecule has 0 unspecified atom stereocenters. The molecule has 0 atom stereocenters. The van der Waals surface area contributed by atoms with Crippen LogP contribution in [0, 0.1) is 0 Å². The number of thioether (sulfide) groups is 2. The highest BCUT2D eigenvalue weighted by Gasteiger charge is 2.36. The number of hydrogen-bond acceptors (Lipinski definition) is 12. The van der Waals surface area contributed by atoms with Crippen molar-refractivity contribution in [3.05, 3.63) is 57.3 Å². The van der Waals surface area contributed by atoms with E-state index in [2.05, 4.69) is 0 Å². The Morgan fingerprint density at radius 3 is 1.57 bits per heavy atom. The fourth-order valence-corrected chi connectivity index (χ4v) is 7.89. The zero-order valence-electron chi connectivity index (χ0n) is 27.3. The van der Waals surface area contributed by atoms with Crippen molar-refractivity contribution in [3.8, 4) is 23.0 Å². The van der Waals surface area contributed by atoms with E-state index in [0.717, 1.165) is 22.9 Å². The highest BCUT2D eigenvalue weighted by Crippen LogP contribution is 2.36. The van der Waals surface area contributed by atoms with Gasteiger partial charge in [0.25, 0.3) is 11.8 Å². The molecule has 0 bridgehead atoms. The molecule has 0 saturated carbocycles. The van der Waals surface area contributed by atoms with Crippen molar-refractivity contribution >= 4 is 92.4 Å². The number of rotatable bonds is 11. The van der Waals surface area contributed by atoms with Gasteiger partial charge in [-0.3, -0.25) is 29.0 Å². The van der Waals surface area contributed by atoms with Gasteiger partial charge in [-0.2, -0.15) is 0 Å². The second-order valence-corrected chi connectivity index (χ2v) is 14.2. The highest BCUT2D eigenvalue weighted by molar-refractivity contribution is 8.27. The van der Waals surface area contributed by atoms with Gasteiger partial charge in [-0.1, -0.05) is 60.1 Å². The zero-order chi connectivity index (χ0) is 35.2. The molecule has 49 heavy (non-hydrogen) atoms. The lowest BCUT2D eigenvalue weighted by molar-refractivity contribution is -0.141. The Bertz CT molecular complexity index is 1760. The van der Waals surface area contributed by atoms with Crippen LogP contribution in [0.1, 0.15) is 17.5 Å². The van der Waals surface area contributed by atoms with Crippen LogP contribution >= 0.6 is 48.0 Å². The van der Waals surface area contributed by atoms with Gasteiger partial charge in [0.05, 0.1) is 38.2 Å². The summed E-state index contributed by atoms with van der Waals surface area (Å²) >= 11 is 13.2. The first-order valence-electron chi connectivity index (χ1n) is 15.1. The van der Waals surface area contributed by atoms with Gasteiger partial charge in [0.1, 0.15) is 15.2 Å². The van der Waals surface area contributed by atoms with Crippen LogP contribution in [-0.4, -0.2) is 120 Å². The molecule has 0 aromatic heterocycles. The van der Waals surface area contributed by atoms with Gasteiger partial charge in [-0.25, -0.2) is 0 Å². The van der Waals surface area contributed by atoms with Gasteiger partial charge in [0.2, 0.25) is 11.8 Å². The Kier molecular flexibility index (Phi) is 11.9. The minimum Gasteiger partial charge on any atom is -0.493 e. The first-order valence-corrected chi connectivity index (χ1v) is 17.5. The van der Waals surface area contributed by atoms with Crippen LogP contribution in [0.3, 0.4) is 0 Å². The minimum absolute atomic E-state index is 0.0903. The standard InChI is InChI=1S/C33H34N4O8S4/c1-42-22-7-5-20(15-24(22)44-3)17-26-30(40)36(32(46)48-26)10-9-28(38)34-11-13-35(14-12-34)29(39)19-37-31(41)27(49-33(37)47)18-21-6-8-23(43-2)25(16-21)45-4/h5-8,15-18H,9-14,19H2,1-4H3/b26-17+,27-18-. The molecule has 258 valence electrons. The number of thiocarbonyl (C=S) groups is 2. The molecule has 0 spiro atoms. The van der Waals surface area contributed by atoms with Crippen molar-refractivity contribution in [2.24, 2.45) is 0 Å². The summed E-state index contributed by atoms with van der Waals surface area (Å²) in [5.74, 6) is 1.22. The molecule has 3 aliphatic heterocycles. The number of benzene rings is 2. The predicted molar refractivity (Wildman–Crippen MR) is 197 cm³/mol. The maximum atomic E-state index is 13.2. The fraction of sp³-hybridized carbons (Fsp3) is 0.333. The van der Waals surface area contributed by atoms with Gasteiger partial charge in [0, 0.05) is 39.1 Å². The molecule has 0 N–H and O–H groups in total. The van der Waals surface area contributed by atoms with Crippen LogP contribution in [0.2, 0.25) is 0 Å². The van der Waals surface area contributed by atoms with Crippen LogP contribution in [0.4, 0.5) is 0 Å². The lowest BCUT2D eigenvalue weighted by Crippen LogP contribution is -2.53. The third-order valence-electron chi connectivity index (χ3n) is 7.99. The van der Waals surface area contributed by atoms with Gasteiger partial charge in [-0.05, 0) is 47.5 Å². The fourth-order valence-electron chi connectivity index (χ4n) is 5.32. The summed E-state index contributed by atoms with van der Waals surface area (Å²) in [7, 11) is 6.17. The number of ether oxygens (including phenoxy) is 4. The molecule has 2 aromatic carbocycles. The van der Waals surface area contributed by atoms with Crippen LogP contribution in [0.25, 0.3) is 12.2 Å². The molecule has 0 radical (unpaired) electrons. The van der Waals surface area contributed by atoms with Crippen molar-refractivity contribution in [2.45, 2.75) is 6.42 Å². The van der Waals surface area contributed by atoms with E-state index in [-0.39, 0.29) is 43.1 Å². The topological polar surface area (TPSA) is 118 Å². The number of piperazine rings is 1. The summed E-state index contributed by atoms with van der Waals surface area (Å²) in [6, 6.07) is 10.6. The lowest BCUT2D eigenvalue weighted by atomic mass is 10.2. The van der Waals surface area contributed by atoms with E-state index < -0.39 is 0 Å². The molecule has 3 heterocycles. The molecule has 3 fully saturated rings. The normalized spacial score (nSPS) is 18.2. The molecule has 5 rings (SSSR count). The van der Waals surface area contributed by atoms with E-state index in [1.807, 2.05) is 6.07 Å². The van der Waals surface area contributed by atoms with Crippen molar-refractivity contribution in [1.82, 2.24) is 19.6 Å². The number of carbonyl (C=O) groups is 4. The van der Waals surface area contributed by atoms with E-state index >= 15 is 0 Å². The number of amides is 4. The third kappa shape index (κ3) is 8.20. The molecule has 12 nitrogen and oxygen atoms in total. The van der Waals surface area contributed by atoms with E-state index in [9.17, 15) is 19.2 Å². The molecule has 0 aliphatic carbocycles. The van der Waals surface area contributed by atoms with Crippen molar-refractivity contribution in [1.29, 1.82) is 0 Å². The summed E-state index contributed by atoms with van der Waals surface area (Å²) in [6.07, 6.45) is 3.52. The van der Waals surface area contributed by atoms with E-state index in [4.69, 9.17) is 43.4 Å². The van der Waals surface area contributed by atoms with Crippen molar-refractivity contribution < 1.29 is 38.1 Å². The summed E-state index contributed by atoms with van der Waals surface area (Å²) in [5, 5.41) is 0. The van der Waals surface area contributed by atoms with Gasteiger partial charge < -0.3 is 28.7 Å². The molecule has 3 saturated heterocycles. The van der Waals surface area contributed by atoms with Crippen LogP contribution in [-0.2, 0) is 19.2 Å². The average Bonchev–Trinajstić information content (AvgIpc) is 3.53. The number of hydrogen-bond donors (Lipinski definition) is 0. The first-order chi connectivity index (χ1) is 23.6. The highest BCUT2D eigenvalue weighted by atomic mass is 32.2. The van der Waals surface area contributed by atoms with Gasteiger partial charge >= 0.3 is 0 Å². The number of nitrogens with zero attached hydrogens (tertiary/aromatic N) is 4. The van der Waals surface area contributed by atoms with Crippen LogP contribution in [0.15, 0.2) is 46.2 Å². The Morgan fingerprint density at radius 2 is 1.10 bits per heavy atom. The van der Waals surface area contributed by atoms with Crippen molar-refractivity contribution in [2.75, 3.05) is 67.7 Å². The molecule has 2 aromatic rings. The maximum absolute atomic E-state index is 13.2. The summed E-state index contributed by atoms with van der Waals surface area (Å²) in [5.41, 5.74) is 1.48. The number of carbonyl (C=O) groups excluding carboxylic acids is 4. The largest absolute Gasteiger partial charge is 0.493 e. The average molecular weight is 743 g/mol. The Labute approximate surface area is 303 Å². The zero-order valence-corrected chi connectivity index (χ0v) is 30.5. The van der Waals surface area contributed by atoms with E-state index in [0.29, 0.717) is 67.6 Å². The smallest absolute Gasteiger partial charge is 0.266 e. The predicted octanol–water partition coefficient (Wildman–Crippen LogP) is 3.88. The summed E-state index contributed by atoms with van der Waals surface area (Å²) in [4.78, 5) is 59.4. The summed E-state index contributed by atoms with van der Waals surface area (Å²) in [6.45, 7) is 1.26. The van der Waals surface area contributed by atoms with Gasteiger partial charge in [-0.15, -0.1) is 0 Å². The molecular formula is C33H34N4O8S4. The van der Waals surface area contributed by atoms with Crippen LogP contribution < -0.4 is 18.9 Å². The van der Waals surface area contributed by atoms with Gasteiger partial charge in [0.15, 0.2) is 23.0 Å². The SMILES string of the molecule is COc1ccc(/C=C2\SC(=S)N(CC(=O)N3CCN(C(=O)CCN4C(=O)/C(=C\c5ccc(OC)c(OC)c5)SC4=S)CC3)C2=O)cc1OC. The second-order valence-electron chi connectivity index (χ2n) is 10.8. The first kappa shape index (κ1) is 36.2. The molecule has 3 aliphatic rings. The molecule has 16 heteroatoms. The molecular weight excluding hydrogens is 709 g/mol. The Hall–Kier alpha value is -4.12.